The Morgan fingerprint density at radius 3 is 2.34 bits per heavy atom. The lowest BCUT2D eigenvalue weighted by atomic mass is 9.85. The van der Waals surface area contributed by atoms with Crippen molar-refractivity contribution in [2.45, 2.75) is 30.3 Å². The number of nitrogens with zero attached hydrogens (tertiary/aromatic N) is 1. The van der Waals surface area contributed by atoms with Gasteiger partial charge in [-0.3, -0.25) is 9.10 Å². The molecule has 0 heterocycles. The number of rotatable bonds is 7. The summed E-state index contributed by atoms with van der Waals surface area (Å²) in [6.07, 6.45) is 1.59. The van der Waals surface area contributed by atoms with Gasteiger partial charge < -0.3 is 5.32 Å². The number of carbonyl (C=O) groups excluding carboxylic acids is 1. The van der Waals surface area contributed by atoms with Gasteiger partial charge >= 0.3 is 0 Å². The van der Waals surface area contributed by atoms with E-state index in [0.29, 0.717) is 10.7 Å². The monoisotopic (exact) mass is 600 g/mol. The lowest BCUT2D eigenvalue weighted by molar-refractivity contribution is 0.0934. The molecule has 0 fully saturated rings. The Hall–Kier alpha value is -3.84. The molecule has 6 rings (SSSR count). The van der Waals surface area contributed by atoms with Gasteiger partial charge in [0.25, 0.3) is 15.9 Å². The fourth-order valence-electron chi connectivity index (χ4n) is 5.43. The zero-order valence-corrected chi connectivity index (χ0v) is 24.3. The van der Waals surface area contributed by atoms with Crippen molar-refractivity contribution >= 4 is 55.6 Å². The smallest absolute Gasteiger partial charge is 0.266 e. The average Bonchev–Trinajstić information content (AvgIpc) is 2.98. The second-order valence-corrected chi connectivity index (χ2v) is 12.7. The standard InChI is InChI=1S/C33H26Cl2N2O3S/c34-26-14-16-27(17-15-26)37(21-22-6-2-1-3-7-22)41(39,40)31-20-25(12-18-29(31)35)33(38)36-30-19-13-24-9-4-8-23-10-5-11-28(30)32(23)24/h1-12,14-18,20,30H,13,19,21H2,(H,36,38). The number of aryl methyl sites for hydroxylation is 1. The quantitative estimate of drug-likeness (QED) is 0.206. The van der Waals surface area contributed by atoms with Crippen molar-refractivity contribution in [2.24, 2.45) is 0 Å². The molecule has 41 heavy (non-hydrogen) atoms. The van der Waals surface area contributed by atoms with Crippen molar-refractivity contribution < 1.29 is 13.2 Å². The van der Waals surface area contributed by atoms with Gasteiger partial charge in [0.15, 0.2) is 0 Å². The van der Waals surface area contributed by atoms with Crippen molar-refractivity contribution in [3.05, 3.63) is 141 Å². The van der Waals surface area contributed by atoms with Crippen LogP contribution in [0.1, 0.15) is 39.5 Å². The molecule has 0 radical (unpaired) electrons. The molecule has 0 saturated heterocycles. The second-order valence-electron chi connectivity index (χ2n) is 10.0. The first-order valence-electron chi connectivity index (χ1n) is 13.2. The Morgan fingerprint density at radius 2 is 1.59 bits per heavy atom. The summed E-state index contributed by atoms with van der Waals surface area (Å²) in [6, 6.07) is 32.4. The summed E-state index contributed by atoms with van der Waals surface area (Å²) >= 11 is 12.6. The van der Waals surface area contributed by atoms with Crippen LogP contribution in [0.15, 0.2) is 114 Å². The Balaban J connectivity index is 1.34. The summed E-state index contributed by atoms with van der Waals surface area (Å²) in [5, 5.41) is 5.97. The van der Waals surface area contributed by atoms with Crippen LogP contribution in [0.2, 0.25) is 10.0 Å². The zero-order valence-electron chi connectivity index (χ0n) is 21.9. The molecular formula is C33H26Cl2N2O3S. The molecular weight excluding hydrogens is 575 g/mol. The van der Waals surface area contributed by atoms with E-state index in [0.717, 1.165) is 29.4 Å². The summed E-state index contributed by atoms with van der Waals surface area (Å²) in [6.45, 7) is 0.0725. The van der Waals surface area contributed by atoms with E-state index < -0.39 is 10.0 Å². The van der Waals surface area contributed by atoms with Crippen LogP contribution in [0.5, 0.6) is 0 Å². The van der Waals surface area contributed by atoms with Crippen LogP contribution in [0.4, 0.5) is 5.69 Å². The van der Waals surface area contributed by atoms with E-state index >= 15 is 0 Å². The van der Waals surface area contributed by atoms with Gasteiger partial charge in [0, 0.05) is 10.6 Å². The first-order valence-corrected chi connectivity index (χ1v) is 15.4. The molecule has 5 aromatic carbocycles. The third-order valence-corrected chi connectivity index (χ3v) is 9.96. The molecule has 206 valence electrons. The molecule has 0 spiro atoms. The van der Waals surface area contributed by atoms with Gasteiger partial charge in [-0.15, -0.1) is 0 Å². The number of hydrogen-bond acceptors (Lipinski definition) is 3. The van der Waals surface area contributed by atoms with Gasteiger partial charge in [0.05, 0.1) is 23.3 Å². The summed E-state index contributed by atoms with van der Waals surface area (Å²) in [4.78, 5) is 13.4. The van der Waals surface area contributed by atoms with Crippen LogP contribution in [0.3, 0.4) is 0 Å². The Bertz CT molecular complexity index is 1850. The van der Waals surface area contributed by atoms with Crippen LogP contribution in [-0.4, -0.2) is 14.3 Å². The Labute approximate surface area is 249 Å². The van der Waals surface area contributed by atoms with Crippen LogP contribution < -0.4 is 9.62 Å². The highest BCUT2D eigenvalue weighted by atomic mass is 35.5. The number of benzene rings is 5. The number of halogens is 2. The summed E-state index contributed by atoms with van der Waals surface area (Å²) in [5.41, 5.74) is 3.77. The van der Waals surface area contributed by atoms with E-state index in [-0.39, 0.29) is 34.0 Å². The van der Waals surface area contributed by atoms with E-state index in [2.05, 4.69) is 29.6 Å². The Kier molecular flexibility index (Phi) is 7.47. The minimum atomic E-state index is -4.18. The number of hydrogen-bond donors (Lipinski definition) is 1. The SMILES string of the molecule is O=C(NC1CCc2cccc3cccc1c23)c1ccc(Cl)c(S(=O)(=O)N(Cc2ccccc2)c2ccc(Cl)cc2)c1. The number of sulfonamides is 1. The number of carbonyl (C=O) groups is 1. The summed E-state index contributed by atoms with van der Waals surface area (Å²) < 4.78 is 29.6. The third kappa shape index (κ3) is 5.43. The highest BCUT2D eigenvalue weighted by Gasteiger charge is 2.30. The summed E-state index contributed by atoms with van der Waals surface area (Å²) in [5.74, 6) is -0.361. The molecule has 1 aliphatic rings. The second kappa shape index (κ2) is 11.2. The molecule has 0 aromatic heterocycles. The molecule has 5 nitrogen and oxygen atoms in total. The molecule has 0 saturated carbocycles. The maximum Gasteiger partial charge on any atom is 0.266 e. The van der Waals surface area contributed by atoms with E-state index in [1.807, 2.05) is 42.5 Å². The van der Waals surface area contributed by atoms with Gasteiger partial charge in [-0.1, -0.05) is 89.9 Å². The maximum atomic E-state index is 14.1. The lowest BCUT2D eigenvalue weighted by Gasteiger charge is -2.27. The van der Waals surface area contributed by atoms with E-state index in [1.165, 1.54) is 27.4 Å². The molecule has 1 N–H and O–H groups in total. The van der Waals surface area contributed by atoms with Crippen LogP contribution in [0, 0.1) is 0 Å². The topological polar surface area (TPSA) is 66.5 Å². The first-order chi connectivity index (χ1) is 19.8. The average molecular weight is 602 g/mol. The fraction of sp³-hybridized carbons (Fsp3) is 0.121. The normalized spacial score (nSPS) is 14.5. The van der Waals surface area contributed by atoms with Crippen LogP contribution in [-0.2, 0) is 23.0 Å². The lowest BCUT2D eigenvalue weighted by Crippen LogP contribution is -2.32. The zero-order chi connectivity index (χ0) is 28.6. The molecule has 1 atom stereocenters. The van der Waals surface area contributed by atoms with E-state index in [9.17, 15) is 13.2 Å². The van der Waals surface area contributed by atoms with E-state index in [4.69, 9.17) is 23.2 Å². The van der Waals surface area contributed by atoms with Crippen LogP contribution in [0.25, 0.3) is 10.8 Å². The third-order valence-electron chi connectivity index (χ3n) is 7.45. The van der Waals surface area contributed by atoms with Gasteiger partial charge in [-0.2, -0.15) is 0 Å². The predicted octanol–water partition coefficient (Wildman–Crippen LogP) is 7.96. The molecule has 5 aromatic rings. The number of nitrogens with one attached hydrogen (secondary N) is 1. The van der Waals surface area contributed by atoms with Gasteiger partial charge in [-0.25, -0.2) is 8.42 Å². The summed E-state index contributed by atoms with van der Waals surface area (Å²) in [7, 11) is -4.18. The van der Waals surface area contributed by atoms with Gasteiger partial charge in [0.2, 0.25) is 0 Å². The highest BCUT2D eigenvalue weighted by Crippen LogP contribution is 2.36. The van der Waals surface area contributed by atoms with Gasteiger partial charge in [-0.05, 0) is 82.8 Å². The maximum absolute atomic E-state index is 14.1. The number of anilines is 1. The van der Waals surface area contributed by atoms with Crippen molar-refractivity contribution in [3.63, 3.8) is 0 Å². The van der Waals surface area contributed by atoms with Crippen molar-refractivity contribution in [1.82, 2.24) is 5.32 Å². The number of amides is 1. The minimum Gasteiger partial charge on any atom is -0.345 e. The first kappa shape index (κ1) is 27.3. The van der Waals surface area contributed by atoms with Gasteiger partial charge in [0.1, 0.15) is 4.90 Å². The van der Waals surface area contributed by atoms with E-state index in [1.54, 1.807) is 30.3 Å². The molecule has 1 aliphatic carbocycles. The molecule has 1 unspecified atom stereocenters. The highest BCUT2D eigenvalue weighted by molar-refractivity contribution is 7.93. The molecule has 0 bridgehead atoms. The minimum absolute atomic E-state index is 0.0323. The molecule has 1 amide bonds. The largest absolute Gasteiger partial charge is 0.345 e. The molecule has 8 heteroatoms. The fourth-order valence-corrected chi connectivity index (χ4v) is 7.51. The Morgan fingerprint density at radius 1 is 0.854 bits per heavy atom. The van der Waals surface area contributed by atoms with Crippen molar-refractivity contribution in [2.75, 3.05) is 4.31 Å². The predicted molar refractivity (Wildman–Crippen MR) is 165 cm³/mol. The van der Waals surface area contributed by atoms with Crippen molar-refractivity contribution in [3.8, 4) is 0 Å². The molecule has 0 aliphatic heterocycles. The van der Waals surface area contributed by atoms with Crippen LogP contribution >= 0.6 is 23.2 Å². The van der Waals surface area contributed by atoms with Crippen molar-refractivity contribution in [1.29, 1.82) is 0 Å².